The zero-order valence-corrected chi connectivity index (χ0v) is 11.3. The predicted molar refractivity (Wildman–Crippen MR) is 67.5 cm³/mol. The molecule has 1 aromatic rings. The van der Waals surface area contributed by atoms with Crippen LogP contribution < -0.4 is 0 Å². The predicted octanol–water partition coefficient (Wildman–Crippen LogP) is 1.99. The first-order valence-electron chi connectivity index (χ1n) is 6.35. The van der Waals surface area contributed by atoms with Gasteiger partial charge in [0.05, 0.1) is 23.6 Å². The van der Waals surface area contributed by atoms with Crippen LogP contribution >= 0.6 is 0 Å². The van der Waals surface area contributed by atoms with Crippen LogP contribution in [0, 0.1) is 0 Å². The monoisotopic (exact) mass is 270 g/mol. The van der Waals surface area contributed by atoms with E-state index in [1.54, 1.807) is 4.68 Å². The van der Waals surface area contributed by atoms with Gasteiger partial charge in [0, 0.05) is 0 Å². The van der Waals surface area contributed by atoms with Crippen LogP contribution in [0.4, 0.5) is 0 Å². The van der Waals surface area contributed by atoms with E-state index in [-0.39, 0.29) is 22.4 Å². The minimum absolute atomic E-state index is 0.0618. The third-order valence-electron chi connectivity index (χ3n) is 3.34. The molecule has 0 saturated heterocycles. The molecule has 5 nitrogen and oxygen atoms in total. The van der Waals surface area contributed by atoms with Gasteiger partial charge in [-0.1, -0.05) is 19.8 Å². The van der Waals surface area contributed by atoms with Crippen molar-refractivity contribution in [3.63, 3.8) is 0 Å². The van der Waals surface area contributed by atoms with Crippen LogP contribution in [0.5, 0.6) is 0 Å². The van der Waals surface area contributed by atoms with Gasteiger partial charge in [-0.05, 0) is 19.3 Å². The first-order chi connectivity index (χ1) is 8.60. The Balaban J connectivity index is 2.48. The number of sulfone groups is 1. The lowest BCUT2D eigenvalue weighted by Gasteiger charge is -2.14. The van der Waals surface area contributed by atoms with Gasteiger partial charge >= 0.3 is 0 Å². The van der Waals surface area contributed by atoms with E-state index in [0.29, 0.717) is 12.7 Å². The Hall–Kier alpha value is -1.17. The van der Waals surface area contributed by atoms with E-state index in [9.17, 15) is 13.2 Å². The lowest BCUT2D eigenvalue weighted by Crippen LogP contribution is -2.18. The molecule has 1 fully saturated rings. The van der Waals surface area contributed by atoms with E-state index in [1.807, 2.05) is 6.92 Å². The van der Waals surface area contributed by atoms with Gasteiger partial charge in [0.25, 0.3) is 0 Å². The number of nitrogens with zero attached hydrogens (tertiary/aromatic N) is 2. The molecule has 0 spiro atoms. The van der Waals surface area contributed by atoms with Gasteiger partial charge in [-0.2, -0.15) is 5.10 Å². The summed E-state index contributed by atoms with van der Waals surface area (Å²) >= 11 is 0. The molecule has 1 aliphatic rings. The average Bonchev–Trinajstić information content (AvgIpc) is 2.97. The molecule has 1 aromatic heterocycles. The van der Waals surface area contributed by atoms with Gasteiger partial charge in [-0.15, -0.1) is 0 Å². The highest BCUT2D eigenvalue weighted by Crippen LogP contribution is 2.32. The molecule has 0 N–H and O–H groups in total. The topological polar surface area (TPSA) is 69.0 Å². The van der Waals surface area contributed by atoms with Gasteiger partial charge in [0.2, 0.25) is 0 Å². The maximum Gasteiger partial charge on any atom is 0.196 e. The van der Waals surface area contributed by atoms with Crippen molar-refractivity contribution in [2.45, 2.75) is 50.1 Å². The Morgan fingerprint density at radius 2 is 2.11 bits per heavy atom. The Bertz CT molecular complexity index is 528. The van der Waals surface area contributed by atoms with Gasteiger partial charge in [-0.25, -0.2) is 8.42 Å². The SMILES string of the molecule is CCCS(=O)(=O)c1c(C=O)cnn1C1CCCC1. The zero-order valence-electron chi connectivity index (χ0n) is 10.5. The summed E-state index contributed by atoms with van der Waals surface area (Å²) in [7, 11) is -3.41. The third kappa shape index (κ3) is 2.34. The number of carbonyl (C=O) groups excluding carboxylic acids is 1. The van der Waals surface area contributed by atoms with Gasteiger partial charge in [0.1, 0.15) is 0 Å². The first kappa shape index (κ1) is 13.3. The normalized spacial score (nSPS) is 17.2. The smallest absolute Gasteiger partial charge is 0.196 e. The van der Waals surface area contributed by atoms with Crippen molar-refractivity contribution in [3.8, 4) is 0 Å². The highest BCUT2D eigenvalue weighted by atomic mass is 32.2. The third-order valence-corrected chi connectivity index (χ3v) is 5.30. The largest absolute Gasteiger partial charge is 0.298 e. The van der Waals surface area contributed by atoms with Gasteiger partial charge in [-0.3, -0.25) is 9.48 Å². The molecule has 0 radical (unpaired) electrons. The van der Waals surface area contributed by atoms with Crippen molar-refractivity contribution in [2.75, 3.05) is 5.75 Å². The highest BCUT2D eigenvalue weighted by molar-refractivity contribution is 7.91. The summed E-state index contributed by atoms with van der Waals surface area (Å²) in [6.45, 7) is 1.81. The first-order valence-corrected chi connectivity index (χ1v) is 8.01. The molecular weight excluding hydrogens is 252 g/mol. The fraction of sp³-hybridized carbons (Fsp3) is 0.667. The standard InChI is InChI=1S/C12H18N2O3S/c1-2-7-18(16,17)12-10(9-15)8-13-14(12)11-5-3-4-6-11/h8-9,11H,2-7H2,1H3. The highest BCUT2D eigenvalue weighted by Gasteiger charge is 2.29. The maximum atomic E-state index is 12.2. The van der Waals surface area contributed by atoms with Crippen LogP contribution in [0.15, 0.2) is 11.2 Å². The van der Waals surface area contributed by atoms with Crippen LogP contribution in [0.1, 0.15) is 55.4 Å². The van der Waals surface area contributed by atoms with Crippen molar-refractivity contribution in [1.82, 2.24) is 9.78 Å². The molecule has 100 valence electrons. The van der Waals surface area contributed by atoms with E-state index in [2.05, 4.69) is 5.10 Å². The minimum atomic E-state index is -3.41. The second kappa shape index (κ2) is 5.22. The Morgan fingerprint density at radius 3 is 2.67 bits per heavy atom. The van der Waals surface area contributed by atoms with Crippen molar-refractivity contribution >= 4 is 16.1 Å². The van der Waals surface area contributed by atoms with Crippen molar-refractivity contribution < 1.29 is 13.2 Å². The second-order valence-electron chi connectivity index (χ2n) is 4.72. The molecule has 0 bridgehead atoms. The van der Waals surface area contributed by atoms with Crippen LogP contribution in [-0.4, -0.2) is 30.2 Å². The van der Waals surface area contributed by atoms with Gasteiger partial charge in [0.15, 0.2) is 21.1 Å². The molecule has 0 atom stereocenters. The molecule has 2 rings (SSSR count). The number of hydrogen-bond acceptors (Lipinski definition) is 4. The van der Waals surface area contributed by atoms with E-state index < -0.39 is 9.84 Å². The van der Waals surface area contributed by atoms with Gasteiger partial charge < -0.3 is 0 Å². The molecule has 1 heterocycles. The number of aldehydes is 1. The summed E-state index contributed by atoms with van der Waals surface area (Å²) in [6, 6.07) is 0.125. The molecule has 0 aliphatic heterocycles. The number of rotatable bonds is 5. The number of carbonyl (C=O) groups is 1. The maximum absolute atomic E-state index is 12.2. The molecule has 18 heavy (non-hydrogen) atoms. The van der Waals surface area contributed by atoms with Crippen molar-refractivity contribution in [1.29, 1.82) is 0 Å². The molecule has 1 aliphatic carbocycles. The van der Waals surface area contributed by atoms with E-state index in [4.69, 9.17) is 0 Å². The summed E-state index contributed by atoms with van der Waals surface area (Å²) in [5, 5.41) is 4.24. The summed E-state index contributed by atoms with van der Waals surface area (Å²) in [5.74, 6) is 0.0618. The second-order valence-corrected chi connectivity index (χ2v) is 6.75. The van der Waals surface area contributed by atoms with Crippen molar-refractivity contribution in [3.05, 3.63) is 11.8 Å². The number of aromatic nitrogens is 2. The Morgan fingerprint density at radius 1 is 1.44 bits per heavy atom. The molecule has 0 aromatic carbocycles. The lowest BCUT2D eigenvalue weighted by atomic mass is 10.2. The summed E-state index contributed by atoms with van der Waals surface area (Å²) in [5.41, 5.74) is 0.190. The molecule has 6 heteroatoms. The minimum Gasteiger partial charge on any atom is -0.298 e. The fourth-order valence-corrected chi connectivity index (χ4v) is 4.21. The zero-order chi connectivity index (χ0) is 13.2. The molecular formula is C12H18N2O3S. The van der Waals surface area contributed by atoms with Crippen LogP contribution in [0.2, 0.25) is 0 Å². The van der Waals surface area contributed by atoms with Crippen LogP contribution in [-0.2, 0) is 9.84 Å². The summed E-state index contributed by atoms with van der Waals surface area (Å²) < 4.78 is 26.0. The average molecular weight is 270 g/mol. The van der Waals surface area contributed by atoms with Crippen LogP contribution in [0.3, 0.4) is 0 Å². The van der Waals surface area contributed by atoms with Crippen molar-refractivity contribution in [2.24, 2.45) is 0 Å². The van der Waals surface area contributed by atoms with E-state index in [1.165, 1.54) is 6.20 Å². The summed E-state index contributed by atoms with van der Waals surface area (Å²) in [4.78, 5) is 11.0. The quantitative estimate of drug-likeness (QED) is 0.767. The Labute approximate surface area is 107 Å². The number of hydrogen-bond donors (Lipinski definition) is 0. The van der Waals surface area contributed by atoms with Crippen LogP contribution in [0.25, 0.3) is 0 Å². The Kier molecular flexibility index (Phi) is 3.85. The fourth-order valence-electron chi connectivity index (χ4n) is 2.54. The molecule has 0 amide bonds. The molecule has 0 unspecified atom stereocenters. The molecule has 1 saturated carbocycles. The van der Waals surface area contributed by atoms with E-state index in [0.717, 1.165) is 25.7 Å². The summed E-state index contributed by atoms with van der Waals surface area (Å²) in [6.07, 6.45) is 6.55. The van der Waals surface area contributed by atoms with E-state index >= 15 is 0 Å². The lowest BCUT2D eigenvalue weighted by molar-refractivity contribution is 0.112.